The Kier molecular flexibility index (Phi) is 3.03. The fourth-order valence-corrected chi connectivity index (χ4v) is 2.13. The van der Waals surface area contributed by atoms with Crippen LogP contribution in [0.15, 0.2) is 12.3 Å². The predicted octanol–water partition coefficient (Wildman–Crippen LogP) is 1.55. The van der Waals surface area contributed by atoms with Crippen molar-refractivity contribution in [1.82, 2.24) is 9.97 Å². The highest BCUT2D eigenvalue weighted by atomic mass is 16.4. The molecule has 5 nitrogen and oxygen atoms in total. The van der Waals surface area contributed by atoms with E-state index in [4.69, 9.17) is 5.11 Å². The number of nitrogens with zero attached hydrogens (tertiary/aromatic N) is 3. The van der Waals surface area contributed by atoms with Crippen LogP contribution in [0.3, 0.4) is 0 Å². The number of carboxylic acids is 1. The molecule has 1 aromatic rings. The van der Waals surface area contributed by atoms with Gasteiger partial charge >= 0.3 is 5.97 Å². The van der Waals surface area contributed by atoms with Crippen LogP contribution in [-0.2, 0) is 0 Å². The first-order valence-corrected chi connectivity index (χ1v) is 5.55. The molecule has 0 amide bonds. The Morgan fingerprint density at radius 2 is 2.50 bits per heavy atom. The molecule has 1 unspecified atom stereocenters. The van der Waals surface area contributed by atoms with Crippen LogP contribution < -0.4 is 4.90 Å². The largest absolute Gasteiger partial charge is 0.477 e. The van der Waals surface area contributed by atoms with Crippen LogP contribution in [0.4, 0.5) is 5.95 Å². The van der Waals surface area contributed by atoms with Crippen molar-refractivity contribution in [2.24, 2.45) is 0 Å². The van der Waals surface area contributed by atoms with Crippen molar-refractivity contribution in [3.05, 3.63) is 18.0 Å². The molecule has 0 aliphatic carbocycles. The van der Waals surface area contributed by atoms with Gasteiger partial charge in [0.05, 0.1) is 0 Å². The zero-order valence-electron chi connectivity index (χ0n) is 9.26. The summed E-state index contributed by atoms with van der Waals surface area (Å²) < 4.78 is 0. The third-order valence-electron chi connectivity index (χ3n) is 2.97. The average molecular weight is 221 g/mol. The first-order valence-electron chi connectivity index (χ1n) is 5.55. The van der Waals surface area contributed by atoms with E-state index in [1.807, 2.05) is 0 Å². The molecule has 0 spiro atoms. The first-order chi connectivity index (χ1) is 7.72. The van der Waals surface area contributed by atoms with E-state index in [2.05, 4.69) is 21.8 Å². The molecule has 0 aromatic carbocycles. The van der Waals surface area contributed by atoms with Crippen LogP contribution in [-0.4, -0.2) is 33.6 Å². The quantitative estimate of drug-likeness (QED) is 0.838. The van der Waals surface area contributed by atoms with Crippen molar-refractivity contribution in [1.29, 1.82) is 0 Å². The summed E-state index contributed by atoms with van der Waals surface area (Å²) >= 11 is 0. The third kappa shape index (κ3) is 1.98. The zero-order chi connectivity index (χ0) is 11.5. The summed E-state index contributed by atoms with van der Waals surface area (Å²) in [5.74, 6) is -0.458. The van der Waals surface area contributed by atoms with Gasteiger partial charge in [0, 0.05) is 18.8 Å². The van der Waals surface area contributed by atoms with Crippen LogP contribution in [0, 0.1) is 0 Å². The van der Waals surface area contributed by atoms with Gasteiger partial charge in [-0.2, -0.15) is 0 Å². The number of aromatic carboxylic acids is 1. The smallest absolute Gasteiger partial charge is 0.354 e. The second-order valence-corrected chi connectivity index (χ2v) is 3.94. The average Bonchev–Trinajstić information content (AvgIpc) is 2.77. The molecule has 0 saturated carbocycles. The molecule has 1 atom stereocenters. The summed E-state index contributed by atoms with van der Waals surface area (Å²) in [5, 5.41) is 8.87. The van der Waals surface area contributed by atoms with Gasteiger partial charge in [-0.15, -0.1) is 0 Å². The normalized spacial score (nSPS) is 20.1. The summed E-state index contributed by atoms with van der Waals surface area (Å²) in [7, 11) is 0. The minimum absolute atomic E-state index is 0.0618. The van der Waals surface area contributed by atoms with Crippen molar-refractivity contribution >= 4 is 11.9 Å². The lowest BCUT2D eigenvalue weighted by Gasteiger charge is -2.23. The molecule has 5 heteroatoms. The van der Waals surface area contributed by atoms with Crippen LogP contribution in [0.5, 0.6) is 0 Å². The Labute approximate surface area is 94.1 Å². The van der Waals surface area contributed by atoms with Gasteiger partial charge in [0.25, 0.3) is 0 Å². The number of anilines is 1. The lowest BCUT2D eigenvalue weighted by molar-refractivity contribution is 0.0690. The molecule has 1 saturated heterocycles. The molecule has 2 heterocycles. The predicted molar refractivity (Wildman–Crippen MR) is 59.7 cm³/mol. The van der Waals surface area contributed by atoms with Crippen LogP contribution >= 0.6 is 0 Å². The molecule has 0 bridgehead atoms. The van der Waals surface area contributed by atoms with Crippen molar-refractivity contribution in [2.75, 3.05) is 11.4 Å². The van der Waals surface area contributed by atoms with E-state index in [9.17, 15) is 4.79 Å². The van der Waals surface area contributed by atoms with Gasteiger partial charge in [-0.3, -0.25) is 0 Å². The van der Waals surface area contributed by atoms with Gasteiger partial charge in [-0.1, -0.05) is 6.92 Å². The van der Waals surface area contributed by atoms with Crippen molar-refractivity contribution in [3.8, 4) is 0 Å². The molecule has 2 rings (SSSR count). The molecule has 86 valence electrons. The number of aromatic nitrogens is 2. The van der Waals surface area contributed by atoms with Crippen LogP contribution in [0.1, 0.15) is 36.7 Å². The Morgan fingerprint density at radius 1 is 1.69 bits per heavy atom. The van der Waals surface area contributed by atoms with E-state index < -0.39 is 5.97 Å². The maximum Gasteiger partial charge on any atom is 0.354 e. The van der Waals surface area contributed by atoms with E-state index >= 15 is 0 Å². The van der Waals surface area contributed by atoms with Crippen molar-refractivity contribution in [3.63, 3.8) is 0 Å². The van der Waals surface area contributed by atoms with Gasteiger partial charge < -0.3 is 10.0 Å². The standard InChI is InChI=1S/C11H15N3O2/c1-2-8-4-3-7-14(8)11-12-6-5-9(13-11)10(15)16/h5-6,8H,2-4,7H2,1H3,(H,15,16). The minimum Gasteiger partial charge on any atom is -0.477 e. The fourth-order valence-electron chi connectivity index (χ4n) is 2.13. The third-order valence-corrected chi connectivity index (χ3v) is 2.97. The highest BCUT2D eigenvalue weighted by Crippen LogP contribution is 2.24. The van der Waals surface area contributed by atoms with E-state index in [0.717, 1.165) is 25.8 Å². The van der Waals surface area contributed by atoms with E-state index in [0.29, 0.717) is 12.0 Å². The van der Waals surface area contributed by atoms with Crippen molar-refractivity contribution in [2.45, 2.75) is 32.2 Å². The minimum atomic E-state index is -1.00. The molecule has 0 radical (unpaired) electrons. The maximum atomic E-state index is 10.8. The van der Waals surface area contributed by atoms with Crippen molar-refractivity contribution < 1.29 is 9.90 Å². The summed E-state index contributed by atoms with van der Waals surface area (Å²) in [5.41, 5.74) is 0.0618. The van der Waals surface area contributed by atoms with E-state index in [1.165, 1.54) is 12.3 Å². The number of rotatable bonds is 3. The number of carboxylic acid groups (broad SMARTS) is 1. The van der Waals surface area contributed by atoms with E-state index in [-0.39, 0.29) is 5.69 Å². The number of hydrogen-bond donors (Lipinski definition) is 1. The van der Waals surface area contributed by atoms with Crippen LogP contribution in [0.2, 0.25) is 0 Å². The Balaban J connectivity index is 2.26. The topological polar surface area (TPSA) is 66.3 Å². The van der Waals surface area contributed by atoms with Crippen LogP contribution in [0.25, 0.3) is 0 Å². The van der Waals surface area contributed by atoms with Gasteiger partial charge in [0.2, 0.25) is 5.95 Å². The molecule has 1 aromatic heterocycles. The zero-order valence-corrected chi connectivity index (χ0v) is 9.26. The molecular weight excluding hydrogens is 206 g/mol. The second kappa shape index (κ2) is 4.47. The number of hydrogen-bond acceptors (Lipinski definition) is 4. The Hall–Kier alpha value is -1.65. The van der Waals surface area contributed by atoms with Gasteiger partial charge in [-0.25, -0.2) is 14.8 Å². The number of carbonyl (C=O) groups is 1. The van der Waals surface area contributed by atoms with Gasteiger partial charge in [0.15, 0.2) is 5.69 Å². The monoisotopic (exact) mass is 221 g/mol. The Bertz CT molecular complexity index is 395. The second-order valence-electron chi connectivity index (χ2n) is 3.94. The fraction of sp³-hybridized carbons (Fsp3) is 0.545. The molecule has 1 fully saturated rings. The van der Waals surface area contributed by atoms with Gasteiger partial charge in [-0.05, 0) is 25.3 Å². The van der Waals surface area contributed by atoms with Gasteiger partial charge in [0.1, 0.15) is 0 Å². The summed E-state index contributed by atoms with van der Waals surface area (Å²) in [4.78, 5) is 21.1. The molecule has 1 aliphatic rings. The molecule has 1 N–H and O–H groups in total. The molecule has 1 aliphatic heterocycles. The lowest BCUT2D eigenvalue weighted by Crippen LogP contribution is -2.30. The molecule has 16 heavy (non-hydrogen) atoms. The summed E-state index contributed by atoms with van der Waals surface area (Å²) in [6, 6.07) is 1.87. The summed E-state index contributed by atoms with van der Waals surface area (Å²) in [6.07, 6.45) is 4.81. The highest BCUT2D eigenvalue weighted by molar-refractivity contribution is 5.85. The van der Waals surface area contributed by atoms with E-state index in [1.54, 1.807) is 0 Å². The highest BCUT2D eigenvalue weighted by Gasteiger charge is 2.25. The maximum absolute atomic E-state index is 10.8. The first kappa shape index (κ1) is 10.9. The molecular formula is C11H15N3O2. The Morgan fingerprint density at radius 3 is 3.19 bits per heavy atom. The lowest BCUT2D eigenvalue weighted by atomic mass is 10.2. The summed E-state index contributed by atoms with van der Waals surface area (Å²) in [6.45, 7) is 3.05. The SMILES string of the molecule is CCC1CCCN1c1nccc(C(=O)O)n1.